The Kier molecular flexibility index (Phi) is 10.4. The summed E-state index contributed by atoms with van der Waals surface area (Å²) < 4.78 is 72.1. The molecule has 0 unspecified atom stereocenters. The van der Waals surface area contributed by atoms with Crippen LogP contribution in [0.3, 0.4) is 0 Å². The molecule has 0 aliphatic carbocycles. The van der Waals surface area contributed by atoms with Crippen LogP contribution < -0.4 is 47.2 Å². The summed E-state index contributed by atoms with van der Waals surface area (Å²) in [5, 5.41) is 2.24. The summed E-state index contributed by atoms with van der Waals surface area (Å²) in [6.07, 6.45) is 1.67. The van der Waals surface area contributed by atoms with Gasteiger partial charge in [0.05, 0.1) is 21.8 Å². The van der Waals surface area contributed by atoms with Gasteiger partial charge in [-0.15, -0.1) is 0 Å². The van der Waals surface area contributed by atoms with E-state index in [1.807, 2.05) is 0 Å². The molecule has 140 valence electrons. The number of rotatable bonds is 6. The third-order valence-electron chi connectivity index (χ3n) is 2.99. The van der Waals surface area contributed by atoms with Gasteiger partial charge >= 0.3 is 37.7 Å². The summed E-state index contributed by atoms with van der Waals surface area (Å²) in [5.74, 6) is -0.352. The fourth-order valence-corrected chi connectivity index (χ4v) is 3.38. The van der Waals surface area contributed by atoms with Crippen molar-refractivity contribution in [2.24, 2.45) is 0 Å². The first-order valence-electron chi connectivity index (χ1n) is 6.69. The number of hydrogen-bond donors (Lipinski definition) is 1. The molecule has 0 saturated heterocycles. The molecule has 0 aliphatic heterocycles. The van der Waals surface area contributed by atoms with Crippen molar-refractivity contribution in [2.75, 3.05) is 11.6 Å². The molecule has 0 fully saturated rings. The molecular formula is C14H11Li2NO8S3. The van der Waals surface area contributed by atoms with Gasteiger partial charge in [0.1, 0.15) is 26.0 Å². The number of carbonyl (C=O) groups is 1. The quantitative estimate of drug-likeness (QED) is 0.270. The second kappa shape index (κ2) is 10.7. The number of benzene rings is 2. The molecule has 0 radical (unpaired) electrons. The van der Waals surface area contributed by atoms with Gasteiger partial charge in [0.15, 0.2) is 0 Å². The minimum absolute atomic E-state index is 0. The molecule has 0 heterocycles. The largest absolute Gasteiger partial charge is 1.00 e. The average Bonchev–Trinajstić information content (AvgIpc) is 2.53. The van der Waals surface area contributed by atoms with Crippen molar-refractivity contribution in [3.05, 3.63) is 48.0 Å². The molecule has 0 spiro atoms. The molecule has 2 aromatic rings. The van der Waals surface area contributed by atoms with E-state index in [1.54, 1.807) is 12.3 Å². The fourth-order valence-electron chi connectivity index (χ4n) is 1.92. The first kappa shape index (κ1) is 27.1. The number of nitrogens with one attached hydrogen (secondary N) is 1. The molecule has 0 bridgehead atoms. The topological polar surface area (TPSA) is 153 Å². The van der Waals surface area contributed by atoms with Crippen molar-refractivity contribution < 1.29 is 72.6 Å². The zero-order valence-electron chi connectivity index (χ0n) is 15.0. The van der Waals surface area contributed by atoms with Crippen LogP contribution in [0.1, 0.15) is 10.4 Å². The van der Waals surface area contributed by atoms with Gasteiger partial charge in [0, 0.05) is 17.5 Å². The zero-order valence-corrected chi connectivity index (χ0v) is 17.5. The number of amides is 1. The summed E-state index contributed by atoms with van der Waals surface area (Å²) in [7, 11) is -10.1. The molecule has 1 amide bonds. The van der Waals surface area contributed by atoms with E-state index in [0.717, 1.165) is 24.2 Å². The molecule has 9 nitrogen and oxygen atoms in total. The van der Waals surface area contributed by atoms with Crippen LogP contribution in [0.5, 0.6) is 5.75 Å². The Morgan fingerprint density at radius 3 is 1.96 bits per heavy atom. The average molecular weight is 431 g/mol. The van der Waals surface area contributed by atoms with E-state index in [0.29, 0.717) is 11.8 Å². The minimum Gasteiger partial charge on any atom is -0.744 e. The molecule has 0 saturated carbocycles. The molecule has 2 rings (SSSR count). The Hall–Kier alpha value is -0.925. The zero-order chi connectivity index (χ0) is 19.5. The smallest absolute Gasteiger partial charge is 0.744 e. The third-order valence-corrected chi connectivity index (χ3v) is 4.98. The first-order chi connectivity index (χ1) is 12.0. The molecular weight excluding hydrogens is 420 g/mol. The van der Waals surface area contributed by atoms with Crippen LogP contribution in [0.4, 0.5) is 5.69 Å². The summed E-state index contributed by atoms with van der Waals surface area (Å²) in [4.78, 5) is 10.4. The standard InChI is InChI=1S/C14H13NO8S3.2Li/c1-24-23-11-4-2-3-9(5-11)14(16)15-10-6-12(25(17,18)19)8-13(7-10)26(20,21)22;;/h2-8H,1H3,(H,15,16)(H,17,18,19)(H,20,21,22);;/q;2*+1/p-2. The maximum atomic E-state index is 12.3. The van der Waals surface area contributed by atoms with E-state index in [2.05, 4.69) is 5.32 Å². The van der Waals surface area contributed by atoms with Crippen molar-refractivity contribution in [2.45, 2.75) is 9.79 Å². The van der Waals surface area contributed by atoms with E-state index in [9.17, 15) is 30.7 Å². The van der Waals surface area contributed by atoms with Crippen molar-refractivity contribution in [3.63, 3.8) is 0 Å². The second-order valence-electron chi connectivity index (χ2n) is 4.83. The van der Waals surface area contributed by atoms with Crippen LogP contribution in [-0.4, -0.2) is 38.1 Å². The number of carbonyl (C=O) groups excluding carboxylic acids is 1. The first-order valence-corrected chi connectivity index (χ1v) is 10.7. The Morgan fingerprint density at radius 2 is 1.50 bits per heavy atom. The minimum atomic E-state index is -5.05. The summed E-state index contributed by atoms with van der Waals surface area (Å²) >= 11 is 1.05. The molecule has 0 atom stereocenters. The van der Waals surface area contributed by atoms with Crippen LogP contribution in [0.2, 0.25) is 0 Å². The Morgan fingerprint density at radius 1 is 0.964 bits per heavy atom. The fraction of sp³-hybridized carbons (Fsp3) is 0.0714. The van der Waals surface area contributed by atoms with Gasteiger partial charge in [-0.1, -0.05) is 6.07 Å². The number of hydrogen-bond acceptors (Lipinski definition) is 9. The van der Waals surface area contributed by atoms with Gasteiger partial charge in [0.2, 0.25) is 0 Å². The predicted molar refractivity (Wildman–Crippen MR) is 90.9 cm³/mol. The van der Waals surface area contributed by atoms with Crippen molar-refractivity contribution >= 4 is 43.9 Å². The van der Waals surface area contributed by atoms with E-state index in [-0.39, 0.29) is 49.0 Å². The van der Waals surface area contributed by atoms with Crippen LogP contribution in [-0.2, 0) is 20.2 Å². The van der Waals surface area contributed by atoms with Gasteiger partial charge in [-0.2, -0.15) is 0 Å². The van der Waals surface area contributed by atoms with Gasteiger partial charge in [-0.3, -0.25) is 4.79 Å². The van der Waals surface area contributed by atoms with Crippen LogP contribution in [0, 0.1) is 0 Å². The molecule has 0 aromatic heterocycles. The summed E-state index contributed by atoms with van der Waals surface area (Å²) in [6.45, 7) is 0. The van der Waals surface area contributed by atoms with Gasteiger partial charge in [-0.25, -0.2) is 16.8 Å². The van der Waals surface area contributed by atoms with E-state index >= 15 is 0 Å². The van der Waals surface area contributed by atoms with Gasteiger partial charge in [-0.05, 0) is 36.4 Å². The van der Waals surface area contributed by atoms with Gasteiger partial charge < -0.3 is 18.6 Å². The molecule has 1 N–H and O–H groups in total. The number of anilines is 1. The summed E-state index contributed by atoms with van der Waals surface area (Å²) in [6, 6.07) is 7.92. The van der Waals surface area contributed by atoms with Gasteiger partial charge in [0.25, 0.3) is 5.91 Å². The second-order valence-corrected chi connectivity index (χ2v) is 8.09. The van der Waals surface area contributed by atoms with E-state index < -0.39 is 35.9 Å². The maximum absolute atomic E-state index is 12.3. The third kappa shape index (κ3) is 7.48. The SMILES string of the molecule is CSOc1cccc(C(=O)Nc2cc(S(=O)(=O)[O-])cc(S(=O)(=O)[O-])c2)c1.[Li+].[Li+]. The Labute approximate surface area is 190 Å². The molecule has 0 aliphatic rings. The van der Waals surface area contributed by atoms with E-state index in [4.69, 9.17) is 4.18 Å². The maximum Gasteiger partial charge on any atom is 1.00 e. The normalized spacial score (nSPS) is 11.0. The molecule has 28 heavy (non-hydrogen) atoms. The summed E-state index contributed by atoms with van der Waals surface area (Å²) in [5.41, 5.74) is -0.212. The van der Waals surface area contributed by atoms with E-state index in [1.165, 1.54) is 18.2 Å². The monoisotopic (exact) mass is 431 g/mol. The predicted octanol–water partition coefficient (Wildman–Crippen LogP) is -4.59. The molecule has 2 aromatic carbocycles. The van der Waals surface area contributed by atoms with Crippen molar-refractivity contribution in [1.29, 1.82) is 0 Å². The van der Waals surface area contributed by atoms with Crippen LogP contribution >= 0.6 is 12.0 Å². The van der Waals surface area contributed by atoms with Crippen molar-refractivity contribution in [1.82, 2.24) is 0 Å². The van der Waals surface area contributed by atoms with Crippen molar-refractivity contribution in [3.8, 4) is 5.75 Å². The Balaban J connectivity index is 0.00000364. The van der Waals surface area contributed by atoms with Crippen LogP contribution in [0.25, 0.3) is 0 Å². The molecule has 14 heteroatoms. The Bertz CT molecular complexity index is 1010. The van der Waals surface area contributed by atoms with Crippen LogP contribution in [0.15, 0.2) is 52.3 Å².